The Balaban J connectivity index is 1.48. The lowest BCUT2D eigenvalue weighted by molar-refractivity contribution is 0.102. The summed E-state index contributed by atoms with van der Waals surface area (Å²) in [6.07, 6.45) is 0. The quantitative estimate of drug-likeness (QED) is 0.293. The summed E-state index contributed by atoms with van der Waals surface area (Å²) in [5.41, 5.74) is 3.69. The van der Waals surface area contributed by atoms with Crippen LogP contribution < -0.4 is 10.9 Å². The fourth-order valence-corrected chi connectivity index (χ4v) is 4.46. The van der Waals surface area contributed by atoms with Crippen LogP contribution >= 0.6 is 11.8 Å². The molecule has 1 N–H and O–H groups in total. The molecular weight excluding hydrogens is 450 g/mol. The Kier molecular flexibility index (Phi) is 5.62. The molecule has 0 unspecified atom stereocenters. The molecule has 5 aromatic rings. The number of anilines is 1. The van der Waals surface area contributed by atoms with Crippen molar-refractivity contribution >= 4 is 40.2 Å². The molecule has 8 nitrogen and oxygen atoms in total. The van der Waals surface area contributed by atoms with Crippen LogP contribution in [0.15, 0.2) is 69.0 Å². The predicted molar refractivity (Wildman–Crippen MR) is 131 cm³/mol. The van der Waals surface area contributed by atoms with E-state index in [2.05, 4.69) is 20.3 Å². The van der Waals surface area contributed by atoms with Gasteiger partial charge in [-0.15, -0.1) is 0 Å². The van der Waals surface area contributed by atoms with Crippen molar-refractivity contribution in [2.24, 2.45) is 0 Å². The highest BCUT2D eigenvalue weighted by Crippen LogP contribution is 2.32. The van der Waals surface area contributed by atoms with Gasteiger partial charge in [-0.25, -0.2) is 9.97 Å². The molecule has 0 radical (unpaired) electrons. The van der Waals surface area contributed by atoms with E-state index in [4.69, 9.17) is 4.42 Å². The first kappa shape index (κ1) is 21.8. The summed E-state index contributed by atoms with van der Waals surface area (Å²) >= 11 is 1.32. The number of pyridine rings is 1. The van der Waals surface area contributed by atoms with Crippen LogP contribution in [0.1, 0.15) is 33.1 Å². The van der Waals surface area contributed by atoms with Crippen molar-refractivity contribution < 1.29 is 9.21 Å². The fraction of sp³-hybridized carbons (Fsp3) is 0.160. The van der Waals surface area contributed by atoms with E-state index < -0.39 is 0 Å². The molecule has 0 atom stereocenters. The minimum absolute atomic E-state index is 0.136. The lowest BCUT2D eigenvalue weighted by Crippen LogP contribution is -2.17. The van der Waals surface area contributed by atoms with E-state index in [1.165, 1.54) is 17.8 Å². The zero-order chi connectivity index (χ0) is 23.8. The third-order valence-corrected chi connectivity index (χ3v) is 6.44. The summed E-state index contributed by atoms with van der Waals surface area (Å²) in [7, 11) is 0. The van der Waals surface area contributed by atoms with Gasteiger partial charge in [-0.1, -0.05) is 36.0 Å². The number of hydrogen-bond donors (Lipinski definition) is 1. The summed E-state index contributed by atoms with van der Waals surface area (Å²) in [5, 5.41) is 3.98. The van der Waals surface area contributed by atoms with Crippen molar-refractivity contribution in [3.05, 3.63) is 93.2 Å². The monoisotopic (exact) mass is 471 g/mol. The maximum absolute atomic E-state index is 12.8. The van der Waals surface area contributed by atoms with Gasteiger partial charge in [-0.05, 0) is 45.0 Å². The Morgan fingerprint density at radius 3 is 2.62 bits per heavy atom. The smallest absolute Gasteiger partial charge is 0.258 e. The number of furan rings is 1. The van der Waals surface area contributed by atoms with Crippen LogP contribution in [0.3, 0.4) is 0 Å². The molecule has 9 heteroatoms. The number of nitrogens with zero attached hydrogens (tertiary/aromatic N) is 4. The molecule has 0 fully saturated rings. The summed E-state index contributed by atoms with van der Waals surface area (Å²) in [6.45, 7) is 5.62. The number of amides is 1. The molecule has 4 heterocycles. The normalized spacial score (nSPS) is 11.3. The SMILES string of the molecule is Cc1oc2nc(SCc3cc(=O)n4c(C)cccc4n3)nc(NC(=O)c3ccccc3)c2c1C. The average molecular weight is 472 g/mol. The third-order valence-electron chi connectivity index (χ3n) is 5.56. The predicted octanol–water partition coefficient (Wildman–Crippen LogP) is 4.70. The number of aryl methyl sites for hydroxylation is 3. The summed E-state index contributed by atoms with van der Waals surface area (Å²) < 4.78 is 7.40. The molecule has 170 valence electrons. The highest BCUT2D eigenvalue weighted by Gasteiger charge is 2.19. The van der Waals surface area contributed by atoms with Gasteiger partial charge < -0.3 is 9.73 Å². The van der Waals surface area contributed by atoms with E-state index >= 15 is 0 Å². The topological polar surface area (TPSA) is 102 Å². The second kappa shape index (κ2) is 8.75. The van der Waals surface area contributed by atoms with Crippen molar-refractivity contribution in [3.8, 4) is 0 Å². The van der Waals surface area contributed by atoms with Crippen LogP contribution in [-0.4, -0.2) is 25.3 Å². The van der Waals surface area contributed by atoms with Gasteiger partial charge in [0.1, 0.15) is 17.2 Å². The van der Waals surface area contributed by atoms with Crippen LogP contribution in [-0.2, 0) is 5.75 Å². The summed E-state index contributed by atoms with van der Waals surface area (Å²) in [5.74, 6) is 1.21. The number of nitrogens with one attached hydrogen (secondary N) is 1. The number of carbonyl (C=O) groups excluding carboxylic acids is 1. The average Bonchev–Trinajstić information content (AvgIpc) is 3.11. The van der Waals surface area contributed by atoms with Gasteiger partial charge in [0.25, 0.3) is 11.5 Å². The zero-order valence-corrected chi connectivity index (χ0v) is 19.6. The molecule has 0 aliphatic heterocycles. The molecule has 5 rings (SSSR count). The molecule has 34 heavy (non-hydrogen) atoms. The zero-order valence-electron chi connectivity index (χ0n) is 18.8. The maximum atomic E-state index is 12.8. The van der Waals surface area contributed by atoms with Crippen molar-refractivity contribution in [2.45, 2.75) is 31.7 Å². The van der Waals surface area contributed by atoms with E-state index in [0.717, 1.165) is 11.3 Å². The Morgan fingerprint density at radius 1 is 1.03 bits per heavy atom. The number of aromatic nitrogens is 4. The van der Waals surface area contributed by atoms with Crippen LogP contribution in [0.4, 0.5) is 5.82 Å². The molecular formula is C25H21N5O3S. The van der Waals surface area contributed by atoms with Crippen molar-refractivity contribution in [2.75, 3.05) is 5.32 Å². The standard InChI is InChI=1S/C25H21N5O3S/c1-14-8-7-11-19-26-18(12-20(31)30(14)19)13-34-25-28-22(21-15(2)16(3)33-24(21)29-25)27-23(32)17-9-5-4-6-10-17/h4-12H,13H2,1-3H3,(H,27,28,29,32). The minimum atomic E-state index is -0.269. The first-order chi connectivity index (χ1) is 16.4. The number of hydrogen-bond acceptors (Lipinski definition) is 7. The molecule has 0 saturated carbocycles. The second-order valence-corrected chi connectivity index (χ2v) is 8.82. The maximum Gasteiger partial charge on any atom is 0.258 e. The largest absolute Gasteiger partial charge is 0.443 e. The molecule has 0 spiro atoms. The van der Waals surface area contributed by atoms with Gasteiger partial charge in [-0.3, -0.25) is 14.0 Å². The minimum Gasteiger partial charge on any atom is -0.443 e. The number of thioether (sulfide) groups is 1. The molecule has 0 aliphatic carbocycles. The lowest BCUT2D eigenvalue weighted by Gasteiger charge is -2.09. The van der Waals surface area contributed by atoms with Gasteiger partial charge in [0.2, 0.25) is 5.71 Å². The van der Waals surface area contributed by atoms with Crippen LogP contribution in [0, 0.1) is 20.8 Å². The fourth-order valence-electron chi connectivity index (χ4n) is 3.73. The number of fused-ring (bicyclic) bond motifs is 2. The van der Waals surface area contributed by atoms with E-state index in [1.54, 1.807) is 34.7 Å². The van der Waals surface area contributed by atoms with Gasteiger partial charge in [0, 0.05) is 28.6 Å². The van der Waals surface area contributed by atoms with E-state index in [9.17, 15) is 9.59 Å². The second-order valence-electron chi connectivity index (χ2n) is 7.87. The molecule has 0 saturated heterocycles. The first-order valence-corrected chi connectivity index (χ1v) is 11.6. The van der Waals surface area contributed by atoms with Crippen molar-refractivity contribution in [1.29, 1.82) is 0 Å². The molecule has 4 aromatic heterocycles. The molecule has 1 amide bonds. The van der Waals surface area contributed by atoms with E-state index in [0.29, 0.717) is 50.5 Å². The molecule has 0 bridgehead atoms. The molecule has 0 aliphatic rings. The first-order valence-electron chi connectivity index (χ1n) is 10.7. The highest BCUT2D eigenvalue weighted by atomic mass is 32.2. The van der Waals surface area contributed by atoms with Crippen LogP contribution in [0.25, 0.3) is 16.7 Å². The summed E-state index contributed by atoms with van der Waals surface area (Å²) in [6, 6.07) is 16.0. The van der Waals surface area contributed by atoms with Gasteiger partial charge in [-0.2, -0.15) is 4.98 Å². The van der Waals surface area contributed by atoms with Crippen molar-refractivity contribution in [3.63, 3.8) is 0 Å². The van der Waals surface area contributed by atoms with E-state index in [-0.39, 0.29) is 11.5 Å². The Morgan fingerprint density at radius 2 is 1.82 bits per heavy atom. The third kappa shape index (κ3) is 4.06. The van der Waals surface area contributed by atoms with Gasteiger partial charge in [0.05, 0.1) is 11.1 Å². The Labute approximate surface area is 199 Å². The van der Waals surface area contributed by atoms with Gasteiger partial charge in [0.15, 0.2) is 5.16 Å². The van der Waals surface area contributed by atoms with Crippen LogP contribution in [0.2, 0.25) is 0 Å². The lowest BCUT2D eigenvalue weighted by atomic mass is 10.2. The molecule has 1 aromatic carbocycles. The van der Waals surface area contributed by atoms with Gasteiger partial charge >= 0.3 is 0 Å². The highest BCUT2D eigenvalue weighted by molar-refractivity contribution is 7.98. The van der Waals surface area contributed by atoms with E-state index in [1.807, 2.05) is 39.0 Å². The number of carbonyl (C=O) groups is 1. The Bertz CT molecular complexity index is 1610. The number of rotatable bonds is 5. The number of benzene rings is 1. The Hall–Kier alpha value is -3.98. The van der Waals surface area contributed by atoms with Crippen LogP contribution in [0.5, 0.6) is 0 Å². The van der Waals surface area contributed by atoms with Crippen molar-refractivity contribution in [1.82, 2.24) is 19.4 Å². The summed E-state index contributed by atoms with van der Waals surface area (Å²) in [4.78, 5) is 39.1.